The third kappa shape index (κ3) is 4.18. The van der Waals surface area contributed by atoms with Crippen LogP contribution in [-0.4, -0.2) is 18.5 Å². The molecular formula is C19H13BrClNO3. The van der Waals surface area contributed by atoms with E-state index in [9.17, 15) is 4.79 Å². The van der Waals surface area contributed by atoms with Gasteiger partial charge in [0.2, 0.25) is 5.90 Å². The molecule has 0 aliphatic carbocycles. The molecule has 4 nitrogen and oxygen atoms in total. The number of rotatable bonds is 5. The summed E-state index contributed by atoms with van der Waals surface area (Å²) >= 11 is 9.29. The van der Waals surface area contributed by atoms with Crippen molar-refractivity contribution in [3.63, 3.8) is 0 Å². The molecule has 6 heteroatoms. The molecule has 0 N–H and O–H groups in total. The molecule has 0 fully saturated rings. The summed E-state index contributed by atoms with van der Waals surface area (Å²) in [5.41, 5.74) is 1.59. The van der Waals surface area contributed by atoms with Crippen molar-refractivity contribution in [2.75, 3.05) is 6.61 Å². The van der Waals surface area contributed by atoms with Crippen molar-refractivity contribution in [3.8, 4) is 5.75 Å². The van der Waals surface area contributed by atoms with E-state index in [0.717, 1.165) is 4.47 Å². The minimum atomic E-state index is -0.514. The first kappa shape index (κ1) is 17.5. The molecule has 1 aliphatic rings. The molecule has 25 heavy (non-hydrogen) atoms. The predicted octanol–water partition coefficient (Wildman–Crippen LogP) is 5.01. The third-order valence-electron chi connectivity index (χ3n) is 3.33. The highest BCUT2D eigenvalue weighted by atomic mass is 79.9. The second-order valence-corrected chi connectivity index (χ2v) is 6.48. The van der Waals surface area contributed by atoms with Crippen LogP contribution in [0.3, 0.4) is 0 Å². The second kappa shape index (κ2) is 7.68. The predicted molar refractivity (Wildman–Crippen MR) is 102 cm³/mol. The molecule has 0 spiro atoms. The first-order valence-electron chi connectivity index (χ1n) is 7.38. The quantitative estimate of drug-likeness (QED) is 0.389. The molecule has 126 valence electrons. The molecule has 0 aromatic heterocycles. The summed E-state index contributed by atoms with van der Waals surface area (Å²) in [7, 11) is 0. The maximum Gasteiger partial charge on any atom is 0.363 e. The Hall–Kier alpha value is -2.37. The van der Waals surface area contributed by atoms with Gasteiger partial charge in [-0.1, -0.05) is 40.2 Å². The van der Waals surface area contributed by atoms with Crippen molar-refractivity contribution in [1.29, 1.82) is 0 Å². The summed E-state index contributed by atoms with van der Waals surface area (Å²) in [6.07, 6.45) is 3.29. The van der Waals surface area contributed by atoms with E-state index >= 15 is 0 Å². The van der Waals surface area contributed by atoms with E-state index < -0.39 is 5.97 Å². The second-order valence-electron chi connectivity index (χ2n) is 5.12. The fourth-order valence-corrected chi connectivity index (χ4v) is 2.69. The number of hydrogen-bond acceptors (Lipinski definition) is 4. The van der Waals surface area contributed by atoms with Gasteiger partial charge in [-0.25, -0.2) is 9.79 Å². The van der Waals surface area contributed by atoms with Gasteiger partial charge >= 0.3 is 5.97 Å². The van der Waals surface area contributed by atoms with Crippen molar-refractivity contribution < 1.29 is 14.3 Å². The van der Waals surface area contributed by atoms with E-state index in [1.54, 1.807) is 36.4 Å². The number of benzene rings is 2. The molecule has 2 aromatic carbocycles. The number of ether oxygens (including phenoxy) is 2. The van der Waals surface area contributed by atoms with Gasteiger partial charge in [0.1, 0.15) is 12.4 Å². The van der Waals surface area contributed by atoms with E-state index in [0.29, 0.717) is 28.5 Å². The summed E-state index contributed by atoms with van der Waals surface area (Å²) in [6.45, 7) is 4.00. The molecular weight excluding hydrogens is 406 g/mol. The highest BCUT2D eigenvalue weighted by Gasteiger charge is 2.24. The van der Waals surface area contributed by atoms with Crippen molar-refractivity contribution in [2.45, 2.75) is 0 Å². The van der Waals surface area contributed by atoms with Gasteiger partial charge in [0.25, 0.3) is 0 Å². The molecule has 1 aliphatic heterocycles. The van der Waals surface area contributed by atoms with Gasteiger partial charge in [-0.3, -0.25) is 0 Å². The summed E-state index contributed by atoms with van der Waals surface area (Å²) < 4.78 is 11.7. The molecule has 0 saturated heterocycles. The zero-order valence-corrected chi connectivity index (χ0v) is 15.4. The summed E-state index contributed by atoms with van der Waals surface area (Å²) in [6, 6.07) is 12.4. The largest absolute Gasteiger partial charge is 0.489 e. The van der Waals surface area contributed by atoms with Crippen LogP contribution in [0.1, 0.15) is 11.1 Å². The van der Waals surface area contributed by atoms with Crippen LogP contribution < -0.4 is 4.74 Å². The standard InChI is InChI=1S/C19H13BrClNO3/c1-2-9-24-17-8-5-14(20)10-13(17)11-16-19(23)25-18(22-16)12-3-6-15(21)7-4-12/h2-8,10-11H,1,9H2/b16-11-. The summed E-state index contributed by atoms with van der Waals surface area (Å²) in [5, 5.41) is 0.600. The number of carbonyl (C=O) groups excluding carboxylic acids is 1. The Bertz CT molecular complexity index is 888. The molecule has 0 bridgehead atoms. The number of nitrogens with zero attached hydrogens (tertiary/aromatic N) is 1. The van der Waals surface area contributed by atoms with Gasteiger partial charge in [0, 0.05) is 20.6 Å². The third-order valence-corrected chi connectivity index (χ3v) is 4.08. The molecule has 1 heterocycles. The molecule has 0 saturated carbocycles. The van der Waals surface area contributed by atoms with Crippen LogP contribution in [0, 0.1) is 0 Å². The van der Waals surface area contributed by atoms with Crippen LogP contribution in [0.5, 0.6) is 5.75 Å². The average molecular weight is 419 g/mol. The van der Waals surface area contributed by atoms with Crippen molar-refractivity contribution in [2.24, 2.45) is 4.99 Å². The molecule has 0 atom stereocenters. The van der Waals surface area contributed by atoms with Crippen LogP contribution in [0.2, 0.25) is 5.02 Å². The van der Waals surface area contributed by atoms with E-state index in [2.05, 4.69) is 27.5 Å². The zero-order chi connectivity index (χ0) is 17.8. The van der Waals surface area contributed by atoms with Crippen LogP contribution in [0.25, 0.3) is 6.08 Å². The Balaban J connectivity index is 1.95. The Morgan fingerprint density at radius 2 is 2.00 bits per heavy atom. The Morgan fingerprint density at radius 1 is 1.24 bits per heavy atom. The van der Waals surface area contributed by atoms with Crippen LogP contribution >= 0.6 is 27.5 Å². The maximum absolute atomic E-state index is 12.1. The number of hydrogen-bond donors (Lipinski definition) is 0. The lowest BCUT2D eigenvalue weighted by Crippen LogP contribution is -2.05. The Morgan fingerprint density at radius 3 is 2.72 bits per heavy atom. The maximum atomic E-state index is 12.1. The molecule has 2 aromatic rings. The van der Waals surface area contributed by atoms with Crippen molar-refractivity contribution >= 4 is 45.5 Å². The van der Waals surface area contributed by atoms with Crippen LogP contribution in [-0.2, 0) is 9.53 Å². The van der Waals surface area contributed by atoms with Crippen LogP contribution in [0.15, 0.2) is 70.3 Å². The lowest BCUT2D eigenvalue weighted by Gasteiger charge is -2.07. The Kier molecular flexibility index (Phi) is 5.36. The lowest BCUT2D eigenvalue weighted by atomic mass is 10.1. The smallest absolute Gasteiger partial charge is 0.363 e. The number of cyclic esters (lactones) is 1. The zero-order valence-electron chi connectivity index (χ0n) is 13.0. The Labute approximate surface area is 158 Å². The van der Waals surface area contributed by atoms with Gasteiger partial charge in [0.05, 0.1) is 0 Å². The molecule has 0 amide bonds. The fourth-order valence-electron chi connectivity index (χ4n) is 2.18. The first-order chi connectivity index (χ1) is 12.1. The van der Waals surface area contributed by atoms with E-state index in [1.165, 1.54) is 0 Å². The molecule has 0 unspecified atom stereocenters. The van der Waals surface area contributed by atoms with Gasteiger partial charge in [-0.05, 0) is 48.5 Å². The van der Waals surface area contributed by atoms with Gasteiger partial charge in [-0.15, -0.1) is 0 Å². The van der Waals surface area contributed by atoms with E-state index in [4.69, 9.17) is 21.1 Å². The van der Waals surface area contributed by atoms with Crippen molar-refractivity contribution in [1.82, 2.24) is 0 Å². The van der Waals surface area contributed by atoms with Gasteiger partial charge < -0.3 is 9.47 Å². The SMILES string of the molecule is C=CCOc1ccc(Br)cc1/C=C1\N=C(c2ccc(Cl)cc2)OC1=O. The highest BCUT2D eigenvalue weighted by molar-refractivity contribution is 9.10. The minimum absolute atomic E-state index is 0.200. The molecule has 3 rings (SSSR count). The average Bonchev–Trinajstić information content (AvgIpc) is 2.95. The number of aliphatic imine (C=N–C) groups is 1. The van der Waals surface area contributed by atoms with Crippen molar-refractivity contribution in [3.05, 3.63) is 81.4 Å². The fraction of sp³-hybridized carbons (Fsp3) is 0.0526. The lowest BCUT2D eigenvalue weighted by molar-refractivity contribution is -0.129. The topological polar surface area (TPSA) is 47.9 Å². The van der Waals surface area contributed by atoms with E-state index in [1.807, 2.05) is 18.2 Å². The normalized spacial score (nSPS) is 15.0. The number of carbonyl (C=O) groups is 1. The van der Waals surface area contributed by atoms with Gasteiger partial charge in [-0.2, -0.15) is 0 Å². The molecule has 0 radical (unpaired) electrons. The highest BCUT2D eigenvalue weighted by Crippen LogP contribution is 2.28. The first-order valence-corrected chi connectivity index (χ1v) is 8.55. The minimum Gasteiger partial charge on any atom is -0.489 e. The van der Waals surface area contributed by atoms with Crippen LogP contribution in [0.4, 0.5) is 0 Å². The number of halogens is 2. The van der Waals surface area contributed by atoms with E-state index in [-0.39, 0.29) is 11.6 Å². The number of esters is 1. The summed E-state index contributed by atoms with van der Waals surface area (Å²) in [4.78, 5) is 16.4. The summed E-state index contributed by atoms with van der Waals surface area (Å²) in [5.74, 6) is 0.356. The monoisotopic (exact) mass is 417 g/mol. The van der Waals surface area contributed by atoms with Gasteiger partial charge in [0.15, 0.2) is 5.70 Å².